The van der Waals surface area contributed by atoms with Crippen molar-refractivity contribution in [2.45, 2.75) is 37.9 Å². The van der Waals surface area contributed by atoms with Crippen molar-refractivity contribution in [1.82, 2.24) is 9.88 Å². The molecular weight excluding hydrogens is 300 g/mol. The zero-order chi connectivity index (χ0) is 16.4. The van der Waals surface area contributed by atoms with Gasteiger partial charge in [-0.25, -0.2) is 0 Å². The van der Waals surface area contributed by atoms with Gasteiger partial charge in [0.15, 0.2) is 0 Å². The molecule has 1 aliphatic heterocycles. The van der Waals surface area contributed by atoms with Crippen LogP contribution in [0.15, 0.2) is 48.8 Å². The maximum atomic E-state index is 6.10. The molecule has 0 amide bonds. The number of pyridine rings is 1. The molecule has 2 bridgehead atoms. The summed E-state index contributed by atoms with van der Waals surface area (Å²) in [7, 11) is 1.68. The average Bonchev–Trinajstić information content (AvgIpc) is 3.23. The van der Waals surface area contributed by atoms with Gasteiger partial charge in [0.05, 0.1) is 7.11 Å². The van der Waals surface area contributed by atoms with Crippen molar-refractivity contribution in [2.75, 3.05) is 13.7 Å². The Hall–Kier alpha value is -2.07. The number of fused-ring (bicyclic) bond motifs is 2. The van der Waals surface area contributed by atoms with Gasteiger partial charge in [-0.15, -0.1) is 0 Å². The van der Waals surface area contributed by atoms with Crippen LogP contribution in [0.5, 0.6) is 11.5 Å². The first kappa shape index (κ1) is 15.5. The second-order valence-corrected chi connectivity index (χ2v) is 6.81. The van der Waals surface area contributed by atoms with E-state index < -0.39 is 0 Å². The molecule has 1 saturated heterocycles. The summed E-state index contributed by atoms with van der Waals surface area (Å²) in [6.45, 7) is 1.74. The molecule has 4 rings (SSSR count). The molecule has 2 heterocycles. The molecule has 3 atom stereocenters. The van der Waals surface area contributed by atoms with Crippen LogP contribution >= 0.6 is 0 Å². The average molecular weight is 324 g/mol. The van der Waals surface area contributed by atoms with Crippen molar-refractivity contribution in [2.24, 2.45) is 5.92 Å². The number of benzene rings is 1. The minimum Gasteiger partial charge on any atom is -0.497 e. The number of aromatic nitrogens is 1. The highest BCUT2D eigenvalue weighted by molar-refractivity contribution is 5.31. The number of methoxy groups -OCH3 is 1. The van der Waals surface area contributed by atoms with E-state index >= 15 is 0 Å². The van der Waals surface area contributed by atoms with Crippen molar-refractivity contribution < 1.29 is 9.47 Å². The second-order valence-electron chi connectivity index (χ2n) is 6.81. The Morgan fingerprint density at radius 3 is 2.71 bits per heavy atom. The highest BCUT2D eigenvalue weighted by atomic mass is 16.5. The quantitative estimate of drug-likeness (QED) is 0.814. The number of rotatable bonds is 6. The summed E-state index contributed by atoms with van der Waals surface area (Å²) >= 11 is 0. The van der Waals surface area contributed by atoms with Crippen LogP contribution in [-0.2, 0) is 6.54 Å². The van der Waals surface area contributed by atoms with Gasteiger partial charge in [0.2, 0.25) is 0 Å². The predicted octanol–water partition coefficient (Wildman–Crippen LogP) is 3.52. The van der Waals surface area contributed by atoms with Gasteiger partial charge in [-0.3, -0.25) is 9.88 Å². The number of piperidine rings is 1. The van der Waals surface area contributed by atoms with Gasteiger partial charge >= 0.3 is 0 Å². The Balaban J connectivity index is 1.42. The second kappa shape index (κ2) is 6.81. The minimum atomic E-state index is 0.506. The molecule has 1 aromatic carbocycles. The molecule has 2 aliphatic rings. The minimum absolute atomic E-state index is 0.506. The van der Waals surface area contributed by atoms with Crippen molar-refractivity contribution >= 4 is 0 Å². The fraction of sp³-hybridized carbons (Fsp3) is 0.450. The van der Waals surface area contributed by atoms with Crippen molar-refractivity contribution in [1.29, 1.82) is 0 Å². The first-order valence-corrected chi connectivity index (χ1v) is 8.75. The number of hydrogen-bond acceptors (Lipinski definition) is 4. The van der Waals surface area contributed by atoms with Gasteiger partial charge < -0.3 is 9.47 Å². The normalized spacial score (nSPS) is 25.8. The van der Waals surface area contributed by atoms with E-state index in [4.69, 9.17) is 9.47 Å². The van der Waals surface area contributed by atoms with Crippen LogP contribution in [0.25, 0.3) is 0 Å². The number of ether oxygens (including phenoxy) is 2. The van der Waals surface area contributed by atoms with E-state index in [1.54, 1.807) is 7.11 Å². The highest BCUT2D eigenvalue weighted by Crippen LogP contribution is 2.43. The van der Waals surface area contributed by atoms with Gasteiger partial charge in [0.25, 0.3) is 0 Å². The number of likely N-dealkylation sites (tertiary alicyclic amines) is 1. The molecule has 0 unspecified atom stereocenters. The lowest BCUT2D eigenvalue weighted by Gasteiger charge is -2.35. The molecule has 1 aromatic heterocycles. The topological polar surface area (TPSA) is 34.6 Å². The lowest BCUT2D eigenvalue weighted by atomic mass is 9.99. The molecule has 2 aromatic rings. The van der Waals surface area contributed by atoms with E-state index in [0.29, 0.717) is 12.1 Å². The zero-order valence-corrected chi connectivity index (χ0v) is 14.1. The third-order valence-corrected chi connectivity index (χ3v) is 5.45. The van der Waals surface area contributed by atoms with Crippen LogP contribution in [0.1, 0.15) is 24.8 Å². The van der Waals surface area contributed by atoms with E-state index in [2.05, 4.69) is 16.0 Å². The van der Waals surface area contributed by atoms with Crippen LogP contribution in [0, 0.1) is 5.92 Å². The predicted molar refractivity (Wildman–Crippen MR) is 93.2 cm³/mol. The van der Waals surface area contributed by atoms with Crippen molar-refractivity contribution in [3.05, 3.63) is 54.4 Å². The van der Waals surface area contributed by atoms with E-state index in [0.717, 1.165) is 30.6 Å². The van der Waals surface area contributed by atoms with Crippen molar-refractivity contribution in [3.63, 3.8) is 0 Å². The van der Waals surface area contributed by atoms with Gasteiger partial charge in [0, 0.05) is 31.0 Å². The Morgan fingerprint density at radius 1 is 1.12 bits per heavy atom. The Morgan fingerprint density at radius 2 is 1.96 bits per heavy atom. The standard InChI is InChI=1S/C20H24N2O2/c1-23-18-6-8-19(9-7-18)24-14-20-16-4-5-17(11-16)22(20)13-15-3-2-10-21-12-15/h2-3,6-10,12,16-17,20H,4-5,11,13-14H2,1H3/t16-,17+,20-/m1/s1. The molecule has 4 nitrogen and oxygen atoms in total. The number of nitrogens with zero attached hydrogens (tertiary/aromatic N) is 2. The highest BCUT2D eigenvalue weighted by Gasteiger charge is 2.45. The maximum absolute atomic E-state index is 6.10. The molecule has 0 N–H and O–H groups in total. The van der Waals surface area contributed by atoms with E-state index in [1.807, 2.05) is 42.7 Å². The zero-order valence-electron chi connectivity index (χ0n) is 14.1. The third kappa shape index (κ3) is 3.11. The monoisotopic (exact) mass is 324 g/mol. The van der Waals surface area contributed by atoms with Gasteiger partial charge in [-0.2, -0.15) is 0 Å². The largest absolute Gasteiger partial charge is 0.497 e. The van der Waals surface area contributed by atoms with Gasteiger partial charge in [-0.1, -0.05) is 6.07 Å². The summed E-state index contributed by atoms with van der Waals surface area (Å²) < 4.78 is 11.3. The molecule has 24 heavy (non-hydrogen) atoms. The number of hydrogen-bond donors (Lipinski definition) is 0. The van der Waals surface area contributed by atoms with Crippen LogP contribution in [0.2, 0.25) is 0 Å². The Labute approximate surface area is 143 Å². The Bertz CT molecular complexity index is 659. The van der Waals surface area contributed by atoms with Crippen LogP contribution < -0.4 is 9.47 Å². The fourth-order valence-corrected chi connectivity index (χ4v) is 4.22. The molecule has 4 heteroatoms. The third-order valence-electron chi connectivity index (χ3n) is 5.45. The lowest BCUT2D eigenvalue weighted by Crippen LogP contribution is -2.43. The molecular formula is C20H24N2O2. The molecule has 0 radical (unpaired) electrons. The molecule has 0 spiro atoms. The Kier molecular flexibility index (Phi) is 4.39. The maximum Gasteiger partial charge on any atom is 0.119 e. The van der Waals surface area contributed by atoms with E-state index in [-0.39, 0.29) is 0 Å². The summed E-state index contributed by atoms with van der Waals surface area (Å²) in [6, 6.07) is 13.3. The van der Waals surface area contributed by atoms with Crippen LogP contribution in [-0.4, -0.2) is 35.7 Å². The first-order valence-electron chi connectivity index (χ1n) is 8.75. The van der Waals surface area contributed by atoms with Crippen molar-refractivity contribution in [3.8, 4) is 11.5 Å². The molecule has 2 fully saturated rings. The summed E-state index contributed by atoms with van der Waals surface area (Å²) in [4.78, 5) is 6.89. The SMILES string of the molecule is COc1ccc(OC[C@@H]2[C@@H]3CC[C@@H](C3)N2Cc2cccnc2)cc1. The molecule has 1 saturated carbocycles. The summed E-state index contributed by atoms with van der Waals surface area (Å²) in [5.41, 5.74) is 1.29. The van der Waals surface area contributed by atoms with Gasteiger partial charge in [-0.05, 0) is 61.1 Å². The van der Waals surface area contributed by atoms with E-state index in [1.165, 1.54) is 24.8 Å². The lowest BCUT2D eigenvalue weighted by molar-refractivity contribution is 0.0866. The summed E-state index contributed by atoms with van der Waals surface area (Å²) in [5.74, 6) is 2.55. The first-order chi connectivity index (χ1) is 11.8. The van der Waals surface area contributed by atoms with Crippen LogP contribution in [0.3, 0.4) is 0 Å². The fourth-order valence-electron chi connectivity index (χ4n) is 4.22. The molecule has 126 valence electrons. The smallest absolute Gasteiger partial charge is 0.119 e. The molecule has 1 aliphatic carbocycles. The summed E-state index contributed by atoms with van der Waals surface area (Å²) in [6.07, 6.45) is 7.79. The van der Waals surface area contributed by atoms with Gasteiger partial charge in [0.1, 0.15) is 18.1 Å². The van der Waals surface area contributed by atoms with E-state index in [9.17, 15) is 0 Å². The van der Waals surface area contributed by atoms with Crippen LogP contribution in [0.4, 0.5) is 0 Å². The summed E-state index contributed by atoms with van der Waals surface area (Å²) in [5, 5.41) is 0.